The van der Waals surface area contributed by atoms with E-state index in [1.165, 1.54) is 24.3 Å². The number of aliphatic hydroxyl groups excluding tert-OH is 3. The second kappa shape index (κ2) is 5.87. The minimum absolute atomic E-state index is 0.0398. The molecule has 6 N–H and O–H groups in total. The van der Waals surface area contributed by atoms with Crippen LogP contribution < -0.4 is 10.5 Å². The molecule has 0 aromatic heterocycles. The first-order chi connectivity index (χ1) is 9.70. The van der Waals surface area contributed by atoms with Gasteiger partial charge in [-0.2, -0.15) is 0 Å². The summed E-state index contributed by atoms with van der Waals surface area (Å²) < 4.78 is 27.6. The summed E-state index contributed by atoms with van der Waals surface area (Å²) in [5, 5.41) is 36.9. The summed E-state index contributed by atoms with van der Waals surface area (Å²) in [5.41, 5.74) is 0.474. The Morgan fingerprint density at radius 2 is 1.67 bits per heavy atom. The van der Waals surface area contributed by atoms with Crippen LogP contribution in [-0.2, 0) is 14.8 Å². The van der Waals surface area contributed by atoms with Gasteiger partial charge in [0.25, 0.3) is 0 Å². The molecule has 1 aromatic carbocycles. The number of ether oxygens (including phenoxy) is 1. The van der Waals surface area contributed by atoms with Crippen LogP contribution in [0.3, 0.4) is 0 Å². The lowest BCUT2D eigenvalue weighted by molar-refractivity contribution is -0.209. The highest BCUT2D eigenvalue weighted by molar-refractivity contribution is 7.89. The SMILES string of the molecule is C[C@@H]1O[C@@H](Nc2ccc(S(N)(=O)=O)cc2)[C@H](O)[C@H](O)[C@H]1O. The molecule has 1 aliphatic rings. The topological polar surface area (TPSA) is 142 Å². The summed E-state index contributed by atoms with van der Waals surface area (Å²) in [5.74, 6) is 0. The van der Waals surface area contributed by atoms with E-state index in [4.69, 9.17) is 9.88 Å². The fourth-order valence-electron chi connectivity index (χ4n) is 2.08. The quantitative estimate of drug-likeness (QED) is 0.460. The number of aliphatic hydroxyl groups is 3. The molecular formula is C12H18N2O6S. The fourth-order valence-corrected chi connectivity index (χ4v) is 2.59. The molecule has 1 fully saturated rings. The number of primary sulfonamides is 1. The minimum atomic E-state index is -3.77. The van der Waals surface area contributed by atoms with Crippen molar-refractivity contribution < 1.29 is 28.5 Å². The molecule has 9 heteroatoms. The lowest BCUT2D eigenvalue weighted by Crippen LogP contribution is -2.58. The zero-order valence-corrected chi connectivity index (χ0v) is 12.1. The van der Waals surface area contributed by atoms with Crippen LogP contribution in [0.2, 0.25) is 0 Å². The maximum absolute atomic E-state index is 11.1. The lowest BCUT2D eigenvalue weighted by Gasteiger charge is -2.39. The lowest BCUT2D eigenvalue weighted by atomic mass is 9.99. The summed E-state index contributed by atoms with van der Waals surface area (Å²) in [7, 11) is -3.77. The van der Waals surface area contributed by atoms with Crippen molar-refractivity contribution in [3.8, 4) is 0 Å². The van der Waals surface area contributed by atoms with E-state index in [0.717, 1.165) is 0 Å². The van der Waals surface area contributed by atoms with Crippen LogP contribution >= 0.6 is 0 Å². The first-order valence-electron chi connectivity index (χ1n) is 6.29. The number of benzene rings is 1. The van der Waals surface area contributed by atoms with Crippen LogP contribution in [0.25, 0.3) is 0 Å². The Balaban J connectivity index is 2.11. The molecule has 0 spiro atoms. The first kappa shape index (κ1) is 16.1. The van der Waals surface area contributed by atoms with Gasteiger partial charge in [-0.25, -0.2) is 13.6 Å². The van der Waals surface area contributed by atoms with E-state index in [1.807, 2.05) is 0 Å². The Bertz CT molecular complexity index is 590. The molecule has 0 amide bonds. The predicted octanol–water partition coefficient (Wildman–Crippen LogP) is -1.43. The van der Waals surface area contributed by atoms with Crippen LogP contribution in [0.5, 0.6) is 0 Å². The highest BCUT2D eigenvalue weighted by Gasteiger charge is 2.41. The Morgan fingerprint density at radius 3 is 2.19 bits per heavy atom. The van der Waals surface area contributed by atoms with Crippen molar-refractivity contribution >= 4 is 15.7 Å². The summed E-state index contributed by atoms with van der Waals surface area (Å²) >= 11 is 0. The molecule has 0 aliphatic carbocycles. The average molecular weight is 318 g/mol. The number of hydrogen-bond donors (Lipinski definition) is 5. The number of anilines is 1. The van der Waals surface area contributed by atoms with Crippen molar-refractivity contribution in [1.82, 2.24) is 0 Å². The Morgan fingerprint density at radius 1 is 1.10 bits per heavy atom. The highest BCUT2D eigenvalue weighted by Crippen LogP contribution is 2.23. The van der Waals surface area contributed by atoms with Crippen LogP contribution in [0.15, 0.2) is 29.2 Å². The molecule has 1 aromatic rings. The Kier molecular flexibility index (Phi) is 4.51. The molecule has 1 saturated heterocycles. The van der Waals surface area contributed by atoms with Crippen LogP contribution in [0, 0.1) is 0 Å². The summed E-state index contributed by atoms with van der Waals surface area (Å²) in [6.45, 7) is 1.57. The van der Waals surface area contributed by atoms with Crippen molar-refractivity contribution in [2.75, 3.05) is 5.32 Å². The van der Waals surface area contributed by atoms with Gasteiger partial charge in [0, 0.05) is 5.69 Å². The van der Waals surface area contributed by atoms with E-state index >= 15 is 0 Å². The average Bonchev–Trinajstić information content (AvgIpc) is 2.42. The van der Waals surface area contributed by atoms with E-state index in [9.17, 15) is 23.7 Å². The predicted molar refractivity (Wildman–Crippen MR) is 73.8 cm³/mol. The molecule has 0 bridgehead atoms. The summed E-state index contributed by atoms with van der Waals surface area (Å²) in [6, 6.07) is 5.53. The Hall–Kier alpha value is -1.23. The van der Waals surface area contributed by atoms with E-state index in [-0.39, 0.29) is 4.90 Å². The van der Waals surface area contributed by atoms with Gasteiger partial charge in [-0.05, 0) is 31.2 Å². The zero-order chi connectivity index (χ0) is 15.8. The molecule has 0 saturated carbocycles. The number of sulfonamides is 1. The van der Waals surface area contributed by atoms with Crippen LogP contribution in [0.1, 0.15) is 6.92 Å². The molecule has 5 atom stereocenters. The largest absolute Gasteiger partial charge is 0.388 e. The van der Waals surface area contributed by atoms with E-state index < -0.39 is 40.7 Å². The highest BCUT2D eigenvalue weighted by atomic mass is 32.2. The van der Waals surface area contributed by atoms with Gasteiger partial charge in [0.15, 0.2) is 6.23 Å². The normalized spacial score (nSPS) is 33.7. The molecule has 1 heterocycles. The van der Waals surface area contributed by atoms with E-state index in [2.05, 4.69) is 5.32 Å². The molecule has 21 heavy (non-hydrogen) atoms. The smallest absolute Gasteiger partial charge is 0.238 e. The fraction of sp³-hybridized carbons (Fsp3) is 0.500. The number of nitrogens with two attached hydrogens (primary N) is 1. The third-order valence-electron chi connectivity index (χ3n) is 3.34. The Labute approximate surface area is 122 Å². The number of rotatable bonds is 3. The van der Waals surface area contributed by atoms with Gasteiger partial charge >= 0.3 is 0 Å². The van der Waals surface area contributed by atoms with Crippen molar-refractivity contribution in [2.24, 2.45) is 5.14 Å². The standard InChI is InChI=1S/C12H18N2O6S/c1-6-9(15)10(16)11(17)12(20-6)14-7-2-4-8(5-3-7)21(13,18)19/h2-6,9-12,14-17H,1H3,(H2,13,18,19)/t6-,9-,10+,11+,12+/m0/s1. The van der Waals surface area contributed by atoms with Gasteiger partial charge in [0.1, 0.15) is 18.3 Å². The molecule has 0 unspecified atom stereocenters. The van der Waals surface area contributed by atoms with Gasteiger partial charge < -0.3 is 25.4 Å². The van der Waals surface area contributed by atoms with Gasteiger partial charge in [-0.1, -0.05) is 0 Å². The summed E-state index contributed by atoms with van der Waals surface area (Å²) in [6.07, 6.45) is -5.44. The van der Waals surface area contributed by atoms with Gasteiger partial charge in [0.05, 0.1) is 11.0 Å². The van der Waals surface area contributed by atoms with Crippen molar-refractivity contribution in [1.29, 1.82) is 0 Å². The summed E-state index contributed by atoms with van der Waals surface area (Å²) in [4.78, 5) is -0.0398. The zero-order valence-electron chi connectivity index (χ0n) is 11.2. The van der Waals surface area contributed by atoms with E-state index in [0.29, 0.717) is 5.69 Å². The maximum Gasteiger partial charge on any atom is 0.238 e. The molecule has 1 aliphatic heterocycles. The van der Waals surface area contributed by atoms with Gasteiger partial charge in [0.2, 0.25) is 10.0 Å². The minimum Gasteiger partial charge on any atom is -0.388 e. The van der Waals surface area contributed by atoms with Gasteiger partial charge in [-0.15, -0.1) is 0 Å². The molecular weight excluding hydrogens is 300 g/mol. The van der Waals surface area contributed by atoms with Gasteiger partial charge in [-0.3, -0.25) is 0 Å². The third kappa shape index (κ3) is 3.51. The second-order valence-electron chi connectivity index (χ2n) is 4.95. The molecule has 0 radical (unpaired) electrons. The second-order valence-corrected chi connectivity index (χ2v) is 6.51. The van der Waals surface area contributed by atoms with Crippen molar-refractivity contribution in [3.05, 3.63) is 24.3 Å². The van der Waals surface area contributed by atoms with Crippen LogP contribution in [0.4, 0.5) is 5.69 Å². The molecule has 8 nitrogen and oxygen atoms in total. The van der Waals surface area contributed by atoms with Crippen molar-refractivity contribution in [2.45, 2.75) is 42.5 Å². The third-order valence-corrected chi connectivity index (χ3v) is 4.27. The first-order valence-corrected chi connectivity index (χ1v) is 7.84. The molecule has 118 valence electrons. The maximum atomic E-state index is 11.1. The number of hydrogen-bond acceptors (Lipinski definition) is 7. The van der Waals surface area contributed by atoms with E-state index in [1.54, 1.807) is 6.92 Å². The molecule has 2 rings (SSSR count). The number of nitrogens with one attached hydrogen (secondary N) is 1. The van der Waals surface area contributed by atoms with Crippen molar-refractivity contribution in [3.63, 3.8) is 0 Å². The monoisotopic (exact) mass is 318 g/mol. The van der Waals surface area contributed by atoms with Crippen LogP contribution in [-0.4, -0.2) is 54.4 Å².